The van der Waals surface area contributed by atoms with Gasteiger partial charge in [0.05, 0.1) is 0 Å². The summed E-state index contributed by atoms with van der Waals surface area (Å²) in [5, 5.41) is 15.1. The van der Waals surface area contributed by atoms with Crippen LogP contribution in [0.5, 0.6) is 0 Å². The van der Waals surface area contributed by atoms with Crippen molar-refractivity contribution < 1.29 is 30.0 Å². The number of rotatable bonds is 10. The summed E-state index contributed by atoms with van der Waals surface area (Å²) in [6, 6.07) is 23.2. The van der Waals surface area contributed by atoms with Gasteiger partial charge in [-0.15, -0.1) is 34.9 Å². The number of aliphatic hydroxyl groups excluding tert-OH is 1. The van der Waals surface area contributed by atoms with Gasteiger partial charge in [-0.25, -0.2) is 0 Å². The first-order chi connectivity index (χ1) is 20.3. The molecule has 0 aliphatic carbocycles. The normalized spacial score (nSPS) is 12.3. The zero-order valence-corrected chi connectivity index (χ0v) is 30.9. The van der Waals surface area contributed by atoms with Gasteiger partial charge in [0, 0.05) is 43.2 Å². The van der Waals surface area contributed by atoms with Gasteiger partial charge in [-0.1, -0.05) is 106 Å². The molecule has 0 bridgehead atoms. The molecule has 239 valence electrons. The van der Waals surface area contributed by atoms with Gasteiger partial charge < -0.3 is 10.1 Å². The number of benzene rings is 3. The van der Waals surface area contributed by atoms with Gasteiger partial charge in [-0.3, -0.25) is 4.79 Å². The molecule has 44 heavy (non-hydrogen) atoms. The Morgan fingerprint density at radius 3 is 2.00 bits per heavy atom. The summed E-state index contributed by atoms with van der Waals surface area (Å²) in [5.41, 5.74) is 4.13. The van der Waals surface area contributed by atoms with E-state index in [0.717, 1.165) is 36.9 Å². The van der Waals surface area contributed by atoms with Crippen LogP contribution in [0, 0.1) is 16.9 Å². The molecule has 0 saturated carbocycles. The van der Waals surface area contributed by atoms with Crippen molar-refractivity contribution in [1.29, 1.82) is 0 Å². The van der Waals surface area contributed by atoms with Crippen molar-refractivity contribution in [2.75, 3.05) is 0 Å². The van der Waals surface area contributed by atoms with Gasteiger partial charge in [0.25, 0.3) is 0 Å². The molecular weight excluding hydrogens is 719 g/mol. The standard InChI is InChI=1S/C25H24N.C15H28O2.Ir/c1-16(2)19-13-20(17(3)4)15-21(14-19)25-24-10-9-18-7-5-6-8-22(18)23(24)11-12-26-25;1-7-14(5,8-2)12(16)11-13(17)15(6,9-3)10-4;/h5-14,16-17H,1-4H3;11,16H,7-10H2,1-6H3;/q-1;;/b;12-11-;. The molecule has 1 heterocycles. The second-order valence-electron chi connectivity index (χ2n) is 13.1. The van der Waals surface area contributed by atoms with Crippen molar-refractivity contribution >= 4 is 27.3 Å². The van der Waals surface area contributed by atoms with Crippen LogP contribution < -0.4 is 0 Å². The number of allylic oxidation sites excluding steroid dienone is 2. The number of aliphatic hydroxyl groups is 1. The van der Waals surface area contributed by atoms with Crippen LogP contribution in [0.15, 0.2) is 72.6 Å². The minimum Gasteiger partial charge on any atom is -0.512 e. The molecule has 0 aliphatic rings. The number of ketones is 1. The molecule has 1 N–H and O–H groups in total. The fourth-order valence-electron chi connectivity index (χ4n) is 5.22. The van der Waals surface area contributed by atoms with Gasteiger partial charge in [-0.2, -0.15) is 0 Å². The first kappa shape index (κ1) is 37.4. The average molecular weight is 771 g/mol. The molecule has 0 aliphatic heterocycles. The molecule has 4 heteroatoms. The number of hydrogen-bond acceptors (Lipinski definition) is 3. The number of hydrogen-bond donors (Lipinski definition) is 1. The topological polar surface area (TPSA) is 50.2 Å². The second kappa shape index (κ2) is 16.0. The van der Waals surface area contributed by atoms with Crippen LogP contribution in [0.4, 0.5) is 0 Å². The Bertz CT molecular complexity index is 1550. The van der Waals surface area contributed by atoms with Gasteiger partial charge >= 0.3 is 0 Å². The van der Waals surface area contributed by atoms with E-state index >= 15 is 0 Å². The fourth-order valence-corrected chi connectivity index (χ4v) is 5.22. The van der Waals surface area contributed by atoms with Crippen LogP contribution in [0.25, 0.3) is 32.8 Å². The van der Waals surface area contributed by atoms with E-state index in [-0.39, 0.29) is 42.5 Å². The van der Waals surface area contributed by atoms with Crippen molar-refractivity contribution in [3.05, 3.63) is 89.8 Å². The third kappa shape index (κ3) is 8.26. The van der Waals surface area contributed by atoms with Crippen molar-refractivity contribution in [3.8, 4) is 11.3 Å². The molecule has 0 saturated heterocycles. The smallest absolute Gasteiger partial charge is 0.164 e. The number of carbonyl (C=O) groups is 1. The first-order valence-corrected chi connectivity index (χ1v) is 16.1. The van der Waals surface area contributed by atoms with Crippen molar-refractivity contribution in [1.82, 2.24) is 4.98 Å². The fraction of sp³-hybridized carbons (Fsp3) is 0.450. The molecule has 0 amide bonds. The van der Waals surface area contributed by atoms with E-state index in [9.17, 15) is 9.90 Å². The molecular formula is C40H52IrNO2-. The Kier molecular flexibility index (Phi) is 13.6. The van der Waals surface area contributed by atoms with Crippen LogP contribution in [-0.4, -0.2) is 15.9 Å². The Balaban J connectivity index is 0.000000331. The summed E-state index contributed by atoms with van der Waals surface area (Å²) in [6.45, 7) is 21.0. The molecule has 0 unspecified atom stereocenters. The van der Waals surface area contributed by atoms with E-state index in [1.165, 1.54) is 38.7 Å². The monoisotopic (exact) mass is 771 g/mol. The third-order valence-corrected chi connectivity index (χ3v) is 9.73. The number of pyridine rings is 1. The Hall–Kier alpha value is -2.81. The summed E-state index contributed by atoms with van der Waals surface area (Å²) in [4.78, 5) is 16.9. The SMILES string of the molecule is CC(C)c1[c-]c(-c2nccc3c2ccc2ccccc23)cc(C(C)C)c1.CCC(C)(CC)C(=O)/C=C(\O)C(C)(CC)CC.[Ir]. The van der Waals surface area contributed by atoms with E-state index in [1.807, 2.05) is 47.7 Å². The molecule has 0 spiro atoms. The third-order valence-electron chi connectivity index (χ3n) is 9.73. The molecule has 3 aromatic carbocycles. The van der Waals surface area contributed by atoms with Crippen LogP contribution in [0.3, 0.4) is 0 Å². The predicted molar refractivity (Wildman–Crippen MR) is 185 cm³/mol. The minimum atomic E-state index is -0.337. The van der Waals surface area contributed by atoms with Gasteiger partial charge in [0.1, 0.15) is 5.76 Å². The minimum absolute atomic E-state index is 0. The van der Waals surface area contributed by atoms with Gasteiger partial charge in [0.15, 0.2) is 5.78 Å². The largest absolute Gasteiger partial charge is 0.512 e. The molecule has 1 radical (unpaired) electrons. The maximum Gasteiger partial charge on any atom is 0.164 e. The average Bonchev–Trinajstić information content (AvgIpc) is 3.03. The molecule has 4 aromatic rings. The number of aromatic nitrogens is 1. The first-order valence-electron chi connectivity index (χ1n) is 16.1. The number of fused-ring (bicyclic) bond motifs is 3. The van der Waals surface area contributed by atoms with E-state index in [1.54, 1.807) is 0 Å². The molecule has 3 nitrogen and oxygen atoms in total. The number of carbonyl (C=O) groups excluding carboxylic acids is 1. The van der Waals surface area contributed by atoms with Gasteiger partial charge in [-0.05, 0) is 70.8 Å². The van der Waals surface area contributed by atoms with Crippen LogP contribution in [0.2, 0.25) is 0 Å². The van der Waals surface area contributed by atoms with Crippen molar-refractivity contribution in [2.24, 2.45) is 10.8 Å². The van der Waals surface area contributed by atoms with Crippen LogP contribution in [-0.2, 0) is 24.9 Å². The van der Waals surface area contributed by atoms with Crippen LogP contribution in [0.1, 0.15) is 118 Å². The maximum atomic E-state index is 12.2. The second-order valence-corrected chi connectivity index (χ2v) is 13.1. The van der Waals surface area contributed by atoms with E-state index in [2.05, 4.69) is 88.4 Å². The van der Waals surface area contributed by atoms with E-state index in [4.69, 9.17) is 4.98 Å². The van der Waals surface area contributed by atoms with Crippen molar-refractivity contribution in [2.45, 2.75) is 107 Å². The van der Waals surface area contributed by atoms with Crippen molar-refractivity contribution in [3.63, 3.8) is 0 Å². The zero-order valence-electron chi connectivity index (χ0n) is 28.5. The summed E-state index contributed by atoms with van der Waals surface area (Å²) in [5.74, 6) is 1.22. The Morgan fingerprint density at radius 2 is 1.43 bits per heavy atom. The summed E-state index contributed by atoms with van der Waals surface area (Å²) in [7, 11) is 0. The van der Waals surface area contributed by atoms with Gasteiger partial charge in [0.2, 0.25) is 0 Å². The molecule has 1 aromatic heterocycles. The van der Waals surface area contributed by atoms with E-state index in [0.29, 0.717) is 11.8 Å². The number of nitrogens with zero attached hydrogens (tertiary/aromatic N) is 1. The Labute approximate surface area is 279 Å². The zero-order chi connectivity index (χ0) is 31.9. The maximum absolute atomic E-state index is 12.2. The molecule has 4 rings (SSSR count). The summed E-state index contributed by atoms with van der Waals surface area (Å²) < 4.78 is 0. The summed E-state index contributed by atoms with van der Waals surface area (Å²) in [6.07, 6.45) is 6.68. The molecule has 0 atom stereocenters. The Morgan fingerprint density at radius 1 is 0.818 bits per heavy atom. The van der Waals surface area contributed by atoms with E-state index < -0.39 is 0 Å². The predicted octanol–water partition coefficient (Wildman–Crippen LogP) is 11.7. The van der Waals surface area contributed by atoms with Crippen LogP contribution >= 0.6 is 0 Å². The molecule has 0 fully saturated rings. The summed E-state index contributed by atoms with van der Waals surface area (Å²) >= 11 is 0. The quantitative estimate of drug-likeness (QED) is 0.0756.